The molecule has 0 aliphatic rings. The largest absolute Gasteiger partial charge is 0.478 e. The third kappa shape index (κ3) is 13.7. The lowest BCUT2D eigenvalue weighted by atomic mass is 9.98. The van der Waals surface area contributed by atoms with Crippen LogP contribution in [0.4, 0.5) is 11.4 Å². The summed E-state index contributed by atoms with van der Waals surface area (Å²) in [5, 5.41) is 11.8. The van der Waals surface area contributed by atoms with Crippen molar-refractivity contribution in [2.45, 2.75) is 127 Å². The van der Waals surface area contributed by atoms with Crippen molar-refractivity contribution in [1.29, 1.82) is 0 Å². The first-order chi connectivity index (χ1) is 25.5. The van der Waals surface area contributed by atoms with Crippen molar-refractivity contribution in [3.63, 3.8) is 0 Å². The number of carboxylic acid groups (broad SMARTS) is 1. The minimum atomic E-state index is -0.960. The van der Waals surface area contributed by atoms with Gasteiger partial charge in [0.05, 0.1) is 5.56 Å². The number of rotatable bonds is 14. The van der Waals surface area contributed by atoms with E-state index in [1.807, 2.05) is 27.7 Å². The summed E-state index contributed by atoms with van der Waals surface area (Å²) in [5.74, 6) is -0.841. The van der Waals surface area contributed by atoms with E-state index < -0.39 is 5.97 Å². The predicted octanol–water partition coefficient (Wildman–Crippen LogP) is 11.8. The van der Waals surface area contributed by atoms with Gasteiger partial charge in [0.15, 0.2) is 11.6 Å². The molecule has 0 saturated heterocycles. The minimum Gasteiger partial charge on any atom is -0.478 e. The molecule has 1 amide bonds. The molecule has 0 aliphatic carbocycles. The SMILES string of the molecule is CCCCCC(=O)c1ccc(C(=O)Nc2c(C)cc(C)cc2C)cc1C.CCCCCC(=O)c1ccc(C(=O)O)cc1C.CCc1cc(C)cc(C)c1N. The van der Waals surface area contributed by atoms with Crippen molar-refractivity contribution in [3.8, 4) is 0 Å². The molecule has 7 nitrogen and oxygen atoms in total. The number of nitrogens with one attached hydrogen (secondary N) is 1. The maximum Gasteiger partial charge on any atom is 0.335 e. The van der Waals surface area contributed by atoms with Gasteiger partial charge in [-0.2, -0.15) is 0 Å². The van der Waals surface area contributed by atoms with Gasteiger partial charge in [-0.05, 0) is 125 Å². The average Bonchev–Trinajstić information content (AvgIpc) is 3.11. The molecule has 0 bridgehead atoms. The number of anilines is 2. The lowest BCUT2D eigenvalue weighted by Gasteiger charge is -2.14. The highest BCUT2D eigenvalue weighted by Crippen LogP contribution is 2.24. The van der Waals surface area contributed by atoms with Crippen LogP contribution in [0.25, 0.3) is 0 Å². The van der Waals surface area contributed by atoms with Gasteiger partial charge in [-0.3, -0.25) is 14.4 Å². The fourth-order valence-corrected chi connectivity index (χ4v) is 6.49. The Morgan fingerprint density at radius 1 is 0.574 bits per heavy atom. The molecule has 0 unspecified atom stereocenters. The van der Waals surface area contributed by atoms with E-state index in [-0.39, 0.29) is 23.0 Å². The van der Waals surface area contributed by atoms with Crippen molar-refractivity contribution in [3.05, 3.63) is 127 Å². The molecule has 4 rings (SSSR count). The van der Waals surface area contributed by atoms with Crippen LogP contribution in [0.2, 0.25) is 0 Å². The fourth-order valence-electron chi connectivity index (χ4n) is 6.49. The molecule has 0 saturated carbocycles. The highest BCUT2D eigenvalue weighted by atomic mass is 16.4. The van der Waals surface area contributed by atoms with Crippen LogP contribution in [0.3, 0.4) is 0 Å². The van der Waals surface area contributed by atoms with Gasteiger partial charge in [0.25, 0.3) is 5.91 Å². The minimum absolute atomic E-state index is 0.105. The van der Waals surface area contributed by atoms with Gasteiger partial charge in [-0.1, -0.05) is 94.0 Å². The Hall–Kier alpha value is -5.04. The van der Waals surface area contributed by atoms with Crippen LogP contribution in [0, 0.1) is 48.5 Å². The number of amides is 1. The standard InChI is InChI=1S/C23H29NO2.C14H18O3.C10H15N/c1-6-7-8-9-21(25)20-11-10-19(14-16(20)3)23(26)24-22-17(4)12-15(2)13-18(22)5;1-3-4-5-6-13(15)12-8-7-11(14(16)17)9-10(12)2;1-4-9-6-7(2)5-8(3)10(9)11/h10-14H,6-9H2,1-5H3,(H,24,26);7-9H,3-6H2,1-2H3,(H,16,17);5-6H,4,11H2,1-3H3. The summed E-state index contributed by atoms with van der Waals surface area (Å²) in [5.41, 5.74) is 18.5. The zero-order chi connectivity index (χ0) is 40.5. The molecule has 0 spiro atoms. The highest BCUT2D eigenvalue weighted by Gasteiger charge is 2.15. The molecule has 4 aromatic rings. The van der Waals surface area contributed by atoms with Crippen molar-refractivity contribution >= 4 is 34.8 Å². The summed E-state index contributed by atoms with van der Waals surface area (Å²) in [6.07, 6.45) is 8.27. The van der Waals surface area contributed by atoms with E-state index in [4.69, 9.17) is 10.8 Å². The van der Waals surface area contributed by atoms with Gasteiger partial charge in [-0.25, -0.2) is 4.79 Å². The summed E-state index contributed by atoms with van der Waals surface area (Å²) in [7, 11) is 0. The number of benzene rings is 4. The van der Waals surface area contributed by atoms with Gasteiger partial charge in [0, 0.05) is 40.9 Å². The number of aryl methyl sites for hydroxylation is 8. The van der Waals surface area contributed by atoms with E-state index in [0.29, 0.717) is 24.0 Å². The summed E-state index contributed by atoms with van der Waals surface area (Å²) < 4.78 is 0. The van der Waals surface area contributed by atoms with E-state index in [9.17, 15) is 19.2 Å². The Morgan fingerprint density at radius 2 is 1.02 bits per heavy atom. The second-order valence-electron chi connectivity index (χ2n) is 14.4. The maximum atomic E-state index is 12.7. The number of aromatic carboxylic acids is 1. The first kappa shape index (κ1) is 45.1. The van der Waals surface area contributed by atoms with E-state index in [0.717, 1.165) is 84.1 Å². The normalized spacial score (nSPS) is 10.4. The molecule has 0 heterocycles. The van der Waals surface area contributed by atoms with Gasteiger partial charge < -0.3 is 16.2 Å². The number of carbonyl (C=O) groups is 4. The third-order valence-corrected chi connectivity index (χ3v) is 9.49. The summed E-state index contributed by atoms with van der Waals surface area (Å²) >= 11 is 0. The van der Waals surface area contributed by atoms with Crippen LogP contribution in [0.1, 0.15) is 158 Å². The Labute approximate surface area is 323 Å². The van der Waals surface area contributed by atoms with E-state index in [2.05, 4.69) is 64.2 Å². The van der Waals surface area contributed by atoms with E-state index in [1.54, 1.807) is 37.3 Å². The Morgan fingerprint density at radius 3 is 1.46 bits per heavy atom. The third-order valence-electron chi connectivity index (χ3n) is 9.49. The maximum absolute atomic E-state index is 12.7. The number of nitrogens with two attached hydrogens (primary N) is 1. The van der Waals surface area contributed by atoms with Crippen LogP contribution in [0.15, 0.2) is 60.7 Å². The molecule has 0 fully saturated rings. The number of carboxylic acids is 1. The van der Waals surface area contributed by atoms with Crippen molar-refractivity contribution in [1.82, 2.24) is 0 Å². The summed E-state index contributed by atoms with van der Waals surface area (Å²) in [6, 6.07) is 18.4. The lowest BCUT2D eigenvalue weighted by molar-refractivity contribution is 0.0695. The van der Waals surface area contributed by atoms with Gasteiger partial charge in [-0.15, -0.1) is 0 Å². The smallest absolute Gasteiger partial charge is 0.335 e. The molecule has 0 radical (unpaired) electrons. The molecule has 0 atom stereocenters. The van der Waals surface area contributed by atoms with Crippen molar-refractivity contribution < 1.29 is 24.3 Å². The molecule has 0 aliphatic heterocycles. The van der Waals surface area contributed by atoms with Crippen molar-refractivity contribution in [2.75, 3.05) is 11.1 Å². The second kappa shape index (κ2) is 22.2. The monoisotopic (exact) mass is 734 g/mol. The van der Waals surface area contributed by atoms with Crippen LogP contribution in [0.5, 0.6) is 0 Å². The van der Waals surface area contributed by atoms with Crippen molar-refractivity contribution in [2.24, 2.45) is 0 Å². The number of hydrogen-bond donors (Lipinski definition) is 3. The summed E-state index contributed by atoms with van der Waals surface area (Å²) in [4.78, 5) is 47.6. The summed E-state index contributed by atoms with van der Waals surface area (Å²) in [6.45, 7) is 20.2. The first-order valence-electron chi connectivity index (χ1n) is 19.3. The molecule has 7 heteroatoms. The quantitative estimate of drug-likeness (QED) is 0.0672. The number of Topliss-reactive ketones (excluding diaryl/α,β-unsaturated/α-hetero) is 2. The molecule has 0 aromatic heterocycles. The lowest BCUT2D eigenvalue weighted by Crippen LogP contribution is -2.15. The Kier molecular flexibility index (Phi) is 18.6. The predicted molar refractivity (Wildman–Crippen MR) is 225 cm³/mol. The topological polar surface area (TPSA) is 127 Å². The van der Waals surface area contributed by atoms with Crippen LogP contribution in [-0.2, 0) is 6.42 Å². The second-order valence-corrected chi connectivity index (χ2v) is 14.4. The molecular formula is C47H62N2O5. The van der Waals surface area contributed by atoms with Gasteiger partial charge >= 0.3 is 5.97 Å². The van der Waals surface area contributed by atoms with Crippen LogP contribution in [-0.4, -0.2) is 28.5 Å². The number of nitrogen functional groups attached to an aromatic ring is 1. The average molecular weight is 735 g/mol. The zero-order valence-corrected chi connectivity index (χ0v) is 34.3. The number of carbonyl (C=O) groups excluding carboxylic acids is 3. The Bertz CT molecular complexity index is 1900. The fraction of sp³-hybridized carbons (Fsp3) is 0.404. The highest BCUT2D eigenvalue weighted by molar-refractivity contribution is 6.06. The number of hydrogen-bond acceptors (Lipinski definition) is 5. The Balaban J connectivity index is 0.000000308. The molecule has 54 heavy (non-hydrogen) atoms. The van der Waals surface area contributed by atoms with Crippen LogP contribution >= 0.6 is 0 Å². The zero-order valence-electron chi connectivity index (χ0n) is 34.3. The number of ketones is 2. The van der Waals surface area contributed by atoms with Gasteiger partial charge in [0.1, 0.15) is 0 Å². The molecule has 290 valence electrons. The van der Waals surface area contributed by atoms with Gasteiger partial charge in [0.2, 0.25) is 0 Å². The molecule has 4 aromatic carbocycles. The first-order valence-corrected chi connectivity index (χ1v) is 19.3. The van der Waals surface area contributed by atoms with E-state index >= 15 is 0 Å². The number of unbranched alkanes of at least 4 members (excludes halogenated alkanes) is 4. The van der Waals surface area contributed by atoms with Crippen LogP contribution < -0.4 is 11.1 Å². The molecular weight excluding hydrogens is 673 g/mol. The van der Waals surface area contributed by atoms with E-state index in [1.165, 1.54) is 28.3 Å². The molecule has 4 N–H and O–H groups in total.